The lowest BCUT2D eigenvalue weighted by molar-refractivity contribution is -0.117. The third-order valence-corrected chi connectivity index (χ3v) is 4.69. The Hall–Kier alpha value is -1.89. The van der Waals surface area contributed by atoms with Crippen molar-refractivity contribution in [3.8, 4) is 0 Å². The molecule has 3 rings (SSSR count). The fourth-order valence-corrected chi connectivity index (χ4v) is 3.65. The van der Waals surface area contributed by atoms with E-state index in [0.29, 0.717) is 0 Å². The van der Waals surface area contributed by atoms with Crippen LogP contribution in [0.4, 0.5) is 9.57 Å². The molecule has 1 fully saturated rings. The number of anilines is 1. The van der Waals surface area contributed by atoms with Gasteiger partial charge in [0.25, 0.3) is 0 Å². The van der Waals surface area contributed by atoms with Gasteiger partial charge in [-0.1, -0.05) is 0 Å². The molecule has 1 saturated heterocycles. The fraction of sp³-hybridized carbons (Fsp3) is 0.357. The highest BCUT2D eigenvalue weighted by Crippen LogP contribution is 2.29. The van der Waals surface area contributed by atoms with Gasteiger partial charge in [-0.2, -0.15) is 8.42 Å². The zero-order valence-corrected chi connectivity index (χ0v) is 12.3. The summed E-state index contributed by atoms with van der Waals surface area (Å²) in [5.41, 5.74) is 1.77. The summed E-state index contributed by atoms with van der Waals surface area (Å²) in [4.78, 5) is 13.5. The molecule has 1 aromatic heterocycles. The van der Waals surface area contributed by atoms with Crippen LogP contribution in [0.2, 0.25) is 0 Å². The van der Waals surface area contributed by atoms with Crippen molar-refractivity contribution in [3.63, 3.8) is 0 Å². The lowest BCUT2D eigenvalue weighted by Crippen LogP contribution is -2.25. The average molecular weight is 310 g/mol. The first-order valence-corrected chi connectivity index (χ1v) is 8.16. The van der Waals surface area contributed by atoms with Gasteiger partial charge in [0.05, 0.1) is 5.75 Å². The molecule has 5 nitrogen and oxygen atoms in total. The van der Waals surface area contributed by atoms with E-state index in [1.165, 1.54) is 4.90 Å². The molecule has 0 N–H and O–H groups in total. The molecule has 0 spiro atoms. The molecule has 0 aliphatic carbocycles. The normalized spacial score (nSPS) is 19.6. The van der Waals surface area contributed by atoms with Crippen molar-refractivity contribution in [1.29, 1.82) is 0 Å². The number of rotatable bonds is 3. The van der Waals surface area contributed by atoms with E-state index < -0.39 is 21.9 Å². The van der Waals surface area contributed by atoms with E-state index in [-0.39, 0.29) is 18.9 Å². The first kappa shape index (κ1) is 14.1. The van der Waals surface area contributed by atoms with E-state index in [0.717, 1.165) is 16.6 Å². The number of carbonyl (C=O) groups excluding carboxylic acids is 1. The number of aromatic nitrogens is 1. The fourth-order valence-electron chi connectivity index (χ4n) is 2.86. The lowest BCUT2D eigenvalue weighted by atomic mass is 10.1. The van der Waals surface area contributed by atoms with Crippen LogP contribution in [0.3, 0.4) is 0 Å². The second-order valence-electron chi connectivity index (χ2n) is 5.45. The molecule has 2 heterocycles. The van der Waals surface area contributed by atoms with Crippen LogP contribution in [0.1, 0.15) is 6.42 Å². The zero-order chi connectivity index (χ0) is 15.2. The highest BCUT2D eigenvalue weighted by atomic mass is 32.3. The van der Waals surface area contributed by atoms with Crippen molar-refractivity contribution in [2.24, 2.45) is 13.0 Å². The van der Waals surface area contributed by atoms with Gasteiger partial charge in [-0.15, -0.1) is 3.89 Å². The summed E-state index contributed by atoms with van der Waals surface area (Å²) in [7, 11) is -2.61. The molecule has 0 bridgehead atoms. The van der Waals surface area contributed by atoms with Gasteiger partial charge in [0.1, 0.15) is 0 Å². The number of carbonyl (C=O) groups is 1. The Labute approximate surface area is 122 Å². The number of halogens is 1. The Bertz CT molecular complexity index is 813. The third-order valence-electron chi connectivity index (χ3n) is 3.82. The largest absolute Gasteiger partial charge is 0.351 e. The van der Waals surface area contributed by atoms with E-state index in [1.807, 2.05) is 42.1 Å². The zero-order valence-electron chi connectivity index (χ0n) is 11.5. The maximum atomic E-state index is 12.7. The summed E-state index contributed by atoms with van der Waals surface area (Å²) < 4.78 is 36.2. The van der Waals surface area contributed by atoms with Crippen molar-refractivity contribution in [2.45, 2.75) is 6.42 Å². The molecule has 0 radical (unpaired) electrons. The molecule has 21 heavy (non-hydrogen) atoms. The van der Waals surface area contributed by atoms with Gasteiger partial charge < -0.3 is 9.47 Å². The minimum atomic E-state index is -4.55. The number of hydrogen-bond acceptors (Lipinski definition) is 3. The second-order valence-corrected chi connectivity index (χ2v) is 6.86. The smallest absolute Gasteiger partial charge is 0.302 e. The van der Waals surface area contributed by atoms with Gasteiger partial charge in [0, 0.05) is 48.7 Å². The van der Waals surface area contributed by atoms with Gasteiger partial charge in [-0.3, -0.25) is 4.79 Å². The van der Waals surface area contributed by atoms with Crippen LogP contribution in [0, 0.1) is 5.92 Å². The Kier molecular flexibility index (Phi) is 3.24. The molecule has 1 aliphatic rings. The summed E-state index contributed by atoms with van der Waals surface area (Å²) in [6, 6.07) is 7.58. The summed E-state index contributed by atoms with van der Waals surface area (Å²) in [5.74, 6) is -1.25. The van der Waals surface area contributed by atoms with Crippen LogP contribution in [-0.2, 0) is 22.1 Å². The van der Waals surface area contributed by atoms with Crippen molar-refractivity contribution >= 4 is 32.7 Å². The predicted octanol–water partition coefficient (Wildman–Crippen LogP) is 1.83. The van der Waals surface area contributed by atoms with Gasteiger partial charge in [0.2, 0.25) is 5.91 Å². The molecule has 1 aromatic carbocycles. The lowest BCUT2D eigenvalue weighted by Gasteiger charge is -2.16. The maximum Gasteiger partial charge on any atom is 0.302 e. The number of amides is 1. The molecular weight excluding hydrogens is 295 g/mol. The Morgan fingerprint density at radius 3 is 2.81 bits per heavy atom. The van der Waals surface area contributed by atoms with Crippen LogP contribution >= 0.6 is 0 Å². The maximum absolute atomic E-state index is 12.7. The highest BCUT2D eigenvalue weighted by Gasteiger charge is 2.33. The Morgan fingerprint density at radius 1 is 1.33 bits per heavy atom. The topological polar surface area (TPSA) is 59.4 Å². The van der Waals surface area contributed by atoms with Crippen LogP contribution in [0.15, 0.2) is 30.5 Å². The van der Waals surface area contributed by atoms with Crippen molar-refractivity contribution in [1.82, 2.24) is 4.57 Å². The molecule has 1 unspecified atom stereocenters. The molecule has 1 amide bonds. The van der Waals surface area contributed by atoms with Crippen LogP contribution in [0.5, 0.6) is 0 Å². The molecule has 1 atom stereocenters. The van der Waals surface area contributed by atoms with Crippen LogP contribution in [-0.4, -0.2) is 31.2 Å². The highest BCUT2D eigenvalue weighted by molar-refractivity contribution is 7.86. The van der Waals surface area contributed by atoms with Gasteiger partial charge in [0.15, 0.2) is 0 Å². The van der Waals surface area contributed by atoms with Gasteiger partial charge in [-0.25, -0.2) is 0 Å². The predicted molar refractivity (Wildman–Crippen MR) is 78.3 cm³/mol. The molecule has 112 valence electrons. The summed E-state index contributed by atoms with van der Waals surface area (Å²) >= 11 is 0. The summed E-state index contributed by atoms with van der Waals surface area (Å²) in [6.07, 6.45) is 1.99. The Balaban J connectivity index is 1.87. The SMILES string of the molecule is Cn1ccc2cc(N3CC(CS(=O)(=O)F)CC3=O)ccc21. The molecule has 7 heteroatoms. The van der Waals surface area contributed by atoms with Crippen molar-refractivity contribution in [3.05, 3.63) is 30.5 Å². The monoisotopic (exact) mass is 310 g/mol. The quantitative estimate of drug-likeness (QED) is 0.813. The first-order valence-electron chi connectivity index (χ1n) is 6.61. The number of nitrogens with zero attached hydrogens (tertiary/aromatic N) is 2. The second kappa shape index (κ2) is 4.84. The molecule has 0 saturated carbocycles. The van der Waals surface area contributed by atoms with Crippen LogP contribution in [0.25, 0.3) is 10.9 Å². The van der Waals surface area contributed by atoms with Gasteiger partial charge in [-0.05, 0) is 24.3 Å². The number of aryl methyl sites for hydroxylation is 1. The van der Waals surface area contributed by atoms with E-state index >= 15 is 0 Å². The van der Waals surface area contributed by atoms with Crippen molar-refractivity contribution < 1.29 is 17.1 Å². The van der Waals surface area contributed by atoms with Gasteiger partial charge >= 0.3 is 10.2 Å². The van der Waals surface area contributed by atoms with E-state index in [2.05, 4.69) is 0 Å². The molecular formula is C14H15FN2O3S. The number of benzene rings is 1. The molecule has 2 aromatic rings. The number of hydrogen-bond donors (Lipinski definition) is 0. The van der Waals surface area contributed by atoms with Crippen molar-refractivity contribution in [2.75, 3.05) is 17.2 Å². The average Bonchev–Trinajstić information content (AvgIpc) is 2.91. The molecule has 1 aliphatic heterocycles. The Morgan fingerprint density at radius 2 is 2.10 bits per heavy atom. The van der Waals surface area contributed by atoms with Crippen LogP contribution < -0.4 is 4.90 Å². The summed E-state index contributed by atoms with van der Waals surface area (Å²) in [5, 5.41) is 1.00. The minimum Gasteiger partial charge on any atom is -0.351 e. The van der Waals surface area contributed by atoms with E-state index in [1.54, 1.807) is 0 Å². The van der Waals surface area contributed by atoms with E-state index in [4.69, 9.17) is 0 Å². The minimum absolute atomic E-state index is 0.0655. The first-order chi connectivity index (χ1) is 9.83. The number of fused-ring (bicyclic) bond motifs is 1. The summed E-state index contributed by atoms with van der Waals surface area (Å²) in [6.45, 7) is 0.236. The third kappa shape index (κ3) is 2.78. The van der Waals surface area contributed by atoms with E-state index in [9.17, 15) is 17.1 Å². The standard InChI is InChI=1S/C14H15FN2O3S/c1-16-5-4-11-7-12(2-3-13(11)16)17-8-10(6-14(17)18)9-21(15,19)20/h2-5,7,10H,6,8-9H2,1H3.